The van der Waals surface area contributed by atoms with Crippen LogP contribution in [0, 0.1) is 0 Å². The van der Waals surface area contributed by atoms with Crippen molar-refractivity contribution in [2.45, 2.75) is 12.7 Å². The summed E-state index contributed by atoms with van der Waals surface area (Å²) in [4.78, 5) is 3.26. The summed E-state index contributed by atoms with van der Waals surface area (Å²) in [5, 5.41) is 10.0. The predicted octanol–water partition coefficient (Wildman–Crippen LogP) is 3.89. The Kier molecular flexibility index (Phi) is 3.28. The molecule has 0 radical (unpaired) electrons. The van der Waals surface area contributed by atoms with Gasteiger partial charge in [0.05, 0.1) is 16.7 Å². The van der Waals surface area contributed by atoms with Crippen LogP contribution in [0.1, 0.15) is 12.2 Å². The Morgan fingerprint density at radius 1 is 1.23 bits per heavy atom. The first-order chi connectivity index (χ1) is 10.3. The van der Waals surface area contributed by atoms with Gasteiger partial charge in [0.15, 0.2) is 5.82 Å². The summed E-state index contributed by atoms with van der Waals surface area (Å²) in [5.74, 6) is -2.04. The molecule has 2 heterocycles. The van der Waals surface area contributed by atoms with Gasteiger partial charge in [-0.25, -0.2) is 13.8 Å². The van der Waals surface area contributed by atoms with Crippen LogP contribution < -0.4 is 0 Å². The smallest absolute Gasteiger partial charge is 0.276 e. The maximum absolute atomic E-state index is 12.7. The molecule has 0 saturated carbocycles. The number of halogens is 6. The van der Waals surface area contributed by atoms with Crippen LogP contribution in [0.15, 0.2) is 18.3 Å². The molecule has 116 valence electrons. The maximum atomic E-state index is 12.7. The molecule has 3 aromatic rings. The first-order valence-corrected chi connectivity index (χ1v) is 6.11. The van der Waals surface area contributed by atoms with E-state index < -0.39 is 29.1 Å². The van der Waals surface area contributed by atoms with Crippen LogP contribution in [0.3, 0.4) is 0 Å². The van der Waals surface area contributed by atoms with Gasteiger partial charge < -0.3 is 0 Å². The zero-order chi connectivity index (χ0) is 16.1. The van der Waals surface area contributed by atoms with Crippen molar-refractivity contribution >= 4 is 22.5 Å². The molecule has 5 nitrogen and oxygen atoms in total. The average molecular weight is 338 g/mol. The molecule has 11 heteroatoms. The summed E-state index contributed by atoms with van der Waals surface area (Å²) in [6.45, 7) is 0. The van der Waals surface area contributed by atoms with E-state index in [1.54, 1.807) is 0 Å². The average Bonchev–Trinajstić information content (AvgIpc) is 3.04. The van der Waals surface area contributed by atoms with E-state index in [1.807, 2.05) is 0 Å². The molecular formula is C11H5ClF5N5. The molecule has 2 aromatic heterocycles. The fraction of sp³-hybridized carbons (Fsp3) is 0.182. The minimum atomic E-state index is -5.11. The Bertz CT molecular complexity index is 837. The van der Waals surface area contributed by atoms with Crippen molar-refractivity contribution in [2.75, 3.05) is 0 Å². The second-order valence-electron chi connectivity index (χ2n) is 4.24. The number of nitrogens with zero attached hydrogens (tertiary/aromatic N) is 4. The lowest BCUT2D eigenvalue weighted by atomic mass is 10.1. The number of rotatable bonds is 2. The normalized spacial score (nSPS) is 12.5. The van der Waals surface area contributed by atoms with E-state index in [2.05, 4.69) is 20.3 Å². The van der Waals surface area contributed by atoms with Gasteiger partial charge in [0.25, 0.3) is 6.43 Å². The monoisotopic (exact) mass is 337 g/mol. The molecule has 1 N–H and O–H groups in total. The van der Waals surface area contributed by atoms with Crippen molar-refractivity contribution in [3.05, 3.63) is 29.2 Å². The van der Waals surface area contributed by atoms with Gasteiger partial charge in [-0.1, -0.05) is 17.7 Å². The molecule has 0 aliphatic heterocycles. The topological polar surface area (TPSA) is 59.4 Å². The predicted molar refractivity (Wildman–Crippen MR) is 66.4 cm³/mol. The van der Waals surface area contributed by atoms with E-state index in [4.69, 9.17) is 11.6 Å². The molecule has 0 bridgehead atoms. The second kappa shape index (κ2) is 4.90. The highest BCUT2D eigenvalue weighted by Crippen LogP contribution is 2.34. The van der Waals surface area contributed by atoms with Crippen molar-refractivity contribution in [2.24, 2.45) is 0 Å². The standard InChI is InChI=1S/C11H5ClF5N5/c12-6-5(2-1-4-3-18-20-7(4)6)9-19-10(8(13)14)22(21-9)11(15,16)17/h1-3,8H,(H,18,20). The van der Waals surface area contributed by atoms with Crippen molar-refractivity contribution in [1.29, 1.82) is 0 Å². The number of H-pyrrole nitrogens is 1. The van der Waals surface area contributed by atoms with Crippen LogP contribution in [0.2, 0.25) is 5.02 Å². The highest BCUT2D eigenvalue weighted by molar-refractivity contribution is 6.37. The van der Waals surface area contributed by atoms with Gasteiger partial charge in [0.2, 0.25) is 5.82 Å². The Labute approximate surface area is 123 Å². The van der Waals surface area contributed by atoms with Crippen LogP contribution in [-0.4, -0.2) is 25.0 Å². The number of hydrogen-bond donors (Lipinski definition) is 1. The molecule has 0 atom stereocenters. The SMILES string of the molecule is FC(F)c1nc(-c2ccc3cn[nH]c3c2Cl)nn1C(F)(F)F. The Morgan fingerprint density at radius 2 is 1.95 bits per heavy atom. The third-order valence-electron chi connectivity index (χ3n) is 2.86. The van der Waals surface area contributed by atoms with Gasteiger partial charge in [0, 0.05) is 10.9 Å². The lowest BCUT2D eigenvalue weighted by Crippen LogP contribution is -2.21. The molecule has 1 aromatic carbocycles. The number of nitrogens with one attached hydrogen (secondary N) is 1. The van der Waals surface area contributed by atoms with Gasteiger partial charge in [-0.05, 0) is 6.07 Å². The lowest BCUT2D eigenvalue weighted by Gasteiger charge is -2.07. The highest BCUT2D eigenvalue weighted by atomic mass is 35.5. The van der Waals surface area contributed by atoms with E-state index in [9.17, 15) is 22.0 Å². The molecule has 0 fully saturated rings. The number of hydrogen-bond acceptors (Lipinski definition) is 3. The van der Waals surface area contributed by atoms with Crippen LogP contribution >= 0.6 is 11.6 Å². The van der Waals surface area contributed by atoms with E-state index in [0.29, 0.717) is 10.9 Å². The number of fused-ring (bicyclic) bond motifs is 1. The van der Waals surface area contributed by atoms with Crippen molar-refractivity contribution in [3.8, 4) is 11.4 Å². The third-order valence-corrected chi connectivity index (χ3v) is 3.26. The van der Waals surface area contributed by atoms with Gasteiger partial charge in [-0.2, -0.15) is 5.10 Å². The quantitative estimate of drug-likeness (QED) is 0.722. The zero-order valence-corrected chi connectivity index (χ0v) is 11.1. The molecule has 0 spiro atoms. The van der Waals surface area contributed by atoms with Gasteiger partial charge in [-0.3, -0.25) is 5.10 Å². The molecule has 0 amide bonds. The number of alkyl halides is 5. The summed E-state index contributed by atoms with van der Waals surface area (Å²) in [6, 6.07) is 2.85. The lowest BCUT2D eigenvalue weighted by molar-refractivity contribution is -0.216. The minimum Gasteiger partial charge on any atom is -0.276 e. The number of aromatic amines is 1. The maximum Gasteiger partial charge on any atom is 0.506 e. The van der Waals surface area contributed by atoms with E-state index in [0.717, 1.165) is 0 Å². The zero-order valence-electron chi connectivity index (χ0n) is 10.4. The summed E-state index contributed by atoms with van der Waals surface area (Å²) < 4.78 is 62.8. The van der Waals surface area contributed by atoms with Gasteiger partial charge >= 0.3 is 6.30 Å². The van der Waals surface area contributed by atoms with Crippen LogP contribution in [-0.2, 0) is 6.30 Å². The molecule has 0 saturated heterocycles. The fourth-order valence-corrected chi connectivity index (χ4v) is 2.22. The number of aromatic nitrogens is 5. The first-order valence-electron chi connectivity index (χ1n) is 5.73. The largest absolute Gasteiger partial charge is 0.506 e. The third kappa shape index (κ3) is 2.28. The summed E-state index contributed by atoms with van der Waals surface area (Å²) in [5.41, 5.74) is 0.337. The Balaban J connectivity index is 2.20. The Morgan fingerprint density at radius 3 is 2.55 bits per heavy atom. The van der Waals surface area contributed by atoms with Crippen LogP contribution in [0.4, 0.5) is 22.0 Å². The van der Waals surface area contributed by atoms with Crippen molar-refractivity contribution in [3.63, 3.8) is 0 Å². The Hall–Kier alpha value is -2.23. The first kappa shape index (κ1) is 14.7. The molecule has 0 aliphatic rings. The van der Waals surface area contributed by atoms with Crippen molar-refractivity contribution in [1.82, 2.24) is 25.0 Å². The van der Waals surface area contributed by atoms with Gasteiger partial charge in [0.1, 0.15) is 0 Å². The molecule has 22 heavy (non-hydrogen) atoms. The molecule has 0 aliphatic carbocycles. The summed E-state index contributed by atoms with van der Waals surface area (Å²) in [7, 11) is 0. The van der Waals surface area contributed by atoms with Crippen molar-refractivity contribution < 1.29 is 22.0 Å². The fourth-order valence-electron chi connectivity index (χ4n) is 1.92. The van der Waals surface area contributed by atoms with Crippen LogP contribution in [0.5, 0.6) is 0 Å². The highest BCUT2D eigenvalue weighted by Gasteiger charge is 2.38. The second-order valence-corrected chi connectivity index (χ2v) is 4.61. The summed E-state index contributed by atoms with van der Waals surface area (Å²) in [6.07, 6.45) is -7.09. The number of benzene rings is 1. The molecule has 0 unspecified atom stereocenters. The minimum absolute atomic E-state index is 0.00450. The van der Waals surface area contributed by atoms with E-state index in [1.165, 1.54) is 18.3 Å². The van der Waals surface area contributed by atoms with E-state index >= 15 is 0 Å². The van der Waals surface area contributed by atoms with Crippen LogP contribution in [0.25, 0.3) is 22.3 Å². The molecular weight excluding hydrogens is 333 g/mol. The van der Waals surface area contributed by atoms with E-state index in [-0.39, 0.29) is 10.6 Å². The summed E-state index contributed by atoms with van der Waals surface area (Å²) >= 11 is 6.04. The molecule has 3 rings (SSSR count). The van der Waals surface area contributed by atoms with Gasteiger partial charge in [-0.15, -0.1) is 23.0 Å².